The van der Waals surface area contributed by atoms with Gasteiger partial charge in [-0.1, -0.05) is 0 Å². The van der Waals surface area contributed by atoms with Gasteiger partial charge >= 0.3 is 0 Å². The number of halogens is 1. The zero-order valence-electron chi connectivity index (χ0n) is 7.22. The third kappa shape index (κ3) is 1.24. The summed E-state index contributed by atoms with van der Waals surface area (Å²) in [6, 6.07) is 0.318. The molecule has 0 aromatic rings. The van der Waals surface area contributed by atoms with Crippen LogP contribution in [0.15, 0.2) is 0 Å². The van der Waals surface area contributed by atoms with E-state index in [1.165, 1.54) is 0 Å². The van der Waals surface area contributed by atoms with Gasteiger partial charge in [-0.3, -0.25) is 4.79 Å². The quantitative estimate of drug-likeness (QED) is 0.460. The molecule has 1 heterocycles. The van der Waals surface area contributed by atoms with Crippen LogP contribution >= 0.6 is 11.6 Å². The summed E-state index contributed by atoms with van der Waals surface area (Å²) in [7, 11) is 0. The number of hydrogen-bond acceptors (Lipinski definition) is 1. The van der Waals surface area contributed by atoms with Gasteiger partial charge in [0.25, 0.3) is 0 Å². The number of carbonyl (C=O) groups excluding carboxylic acids is 1. The van der Waals surface area contributed by atoms with Crippen LogP contribution in [0.5, 0.6) is 0 Å². The standard InChI is InChI=1S/C8H14ClNO/c1-6(2)10-5-8(3,4-9)7(10)11/h6H,4-5H2,1-3H3. The van der Waals surface area contributed by atoms with E-state index in [9.17, 15) is 4.79 Å². The molecular weight excluding hydrogens is 162 g/mol. The molecule has 64 valence electrons. The lowest BCUT2D eigenvalue weighted by molar-refractivity contribution is -0.159. The summed E-state index contributed by atoms with van der Waals surface area (Å²) in [5.41, 5.74) is -0.272. The Morgan fingerprint density at radius 2 is 2.27 bits per heavy atom. The van der Waals surface area contributed by atoms with Gasteiger partial charge < -0.3 is 4.90 Å². The van der Waals surface area contributed by atoms with E-state index in [-0.39, 0.29) is 11.3 Å². The normalized spacial score (nSPS) is 31.0. The van der Waals surface area contributed by atoms with Crippen molar-refractivity contribution in [3.8, 4) is 0 Å². The fraction of sp³-hybridized carbons (Fsp3) is 0.875. The second kappa shape index (κ2) is 2.67. The highest BCUT2D eigenvalue weighted by Crippen LogP contribution is 2.33. The van der Waals surface area contributed by atoms with Gasteiger partial charge in [0, 0.05) is 18.5 Å². The van der Waals surface area contributed by atoms with E-state index < -0.39 is 0 Å². The van der Waals surface area contributed by atoms with E-state index in [2.05, 4.69) is 0 Å². The highest BCUT2D eigenvalue weighted by Gasteiger charge is 2.48. The molecule has 1 atom stereocenters. The SMILES string of the molecule is CC(C)N1CC(C)(CCl)C1=O. The molecule has 1 fully saturated rings. The lowest BCUT2D eigenvalue weighted by Gasteiger charge is -2.48. The van der Waals surface area contributed by atoms with Crippen LogP contribution in [-0.2, 0) is 4.79 Å². The highest BCUT2D eigenvalue weighted by molar-refractivity contribution is 6.20. The van der Waals surface area contributed by atoms with Crippen molar-refractivity contribution in [2.24, 2.45) is 5.41 Å². The second-order valence-electron chi connectivity index (χ2n) is 3.72. The number of hydrogen-bond donors (Lipinski definition) is 0. The van der Waals surface area contributed by atoms with Gasteiger partial charge in [-0.25, -0.2) is 0 Å². The van der Waals surface area contributed by atoms with Gasteiger partial charge in [0.1, 0.15) is 0 Å². The van der Waals surface area contributed by atoms with Crippen molar-refractivity contribution in [3.63, 3.8) is 0 Å². The molecule has 0 bridgehead atoms. The Bertz CT molecular complexity index is 181. The van der Waals surface area contributed by atoms with Crippen LogP contribution in [0.1, 0.15) is 20.8 Å². The molecule has 2 nitrogen and oxygen atoms in total. The van der Waals surface area contributed by atoms with Gasteiger partial charge in [0.05, 0.1) is 5.41 Å². The van der Waals surface area contributed by atoms with Crippen molar-refractivity contribution in [1.82, 2.24) is 4.90 Å². The maximum atomic E-state index is 11.4. The number of alkyl halides is 1. The molecule has 1 aliphatic heterocycles. The Morgan fingerprint density at radius 3 is 2.55 bits per heavy atom. The lowest BCUT2D eigenvalue weighted by Crippen LogP contribution is -2.63. The zero-order valence-corrected chi connectivity index (χ0v) is 7.98. The van der Waals surface area contributed by atoms with Gasteiger partial charge in [-0.15, -0.1) is 11.6 Å². The average molecular weight is 176 g/mol. The van der Waals surface area contributed by atoms with Gasteiger partial charge in [0.15, 0.2) is 0 Å². The summed E-state index contributed by atoms with van der Waals surface area (Å²) in [5, 5.41) is 0. The Balaban J connectivity index is 2.57. The summed E-state index contributed by atoms with van der Waals surface area (Å²) in [5.74, 6) is 0.636. The Hall–Kier alpha value is -0.240. The molecule has 0 saturated carbocycles. The maximum Gasteiger partial charge on any atom is 0.231 e. The predicted octanol–water partition coefficient (Wildman–Crippen LogP) is 1.48. The highest BCUT2D eigenvalue weighted by atomic mass is 35.5. The van der Waals surface area contributed by atoms with Gasteiger partial charge in [0.2, 0.25) is 5.91 Å². The minimum atomic E-state index is -0.272. The molecule has 0 aromatic carbocycles. The molecule has 1 rings (SSSR count). The van der Waals surface area contributed by atoms with Crippen LogP contribution < -0.4 is 0 Å². The topological polar surface area (TPSA) is 20.3 Å². The zero-order chi connectivity index (χ0) is 8.65. The van der Waals surface area contributed by atoms with Crippen LogP contribution in [0.3, 0.4) is 0 Å². The third-order valence-corrected chi connectivity index (χ3v) is 2.80. The van der Waals surface area contributed by atoms with Crippen LogP contribution in [-0.4, -0.2) is 29.3 Å². The van der Waals surface area contributed by atoms with Crippen molar-refractivity contribution >= 4 is 17.5 Å². The van der Waals surface area contributed by atoms with Crippen molar-refractivity contribution in [2.45, 2.75) is 26.8 Å². The molecular formula is C8H14ClNO. The minimum absolute atomic E-state index is 0.197. The van der Waals surface area contributed by atoms with E-state index in [1.54, 1.807) is 0 Å². The fourth-order valence-electron chi connectivity index (χ4n) is 1.29. The monoisotopic (exact) mass is 175 g/mol. The minimum Gasteiger partial charge on any atom is -0.339 e. The van der Waals surface area contributed by atoms with Crippen molar-refractivity contribution < 1.29 is 4.79 Å². The Kier molecular flexibility index (Phi) is 2.15. The average Bonchev–Trinajstić information content (AvgIpc) is 1.98. The van der Waals surface area contributed by atoms with Gasteiger partial charge in [-0.2, -0.15) is 0 Å². The summed E-state index contributed by atoms with van der Waals surface area (Å²) in [4.78, 5) is 13.2. The first-order valence-electron chi connectivity index (χ1n) is 3.88. The first-order chi connectivity index (χ1) is 5.01. The smallest absolute Gasteiger partial charge is 0.231 e. The molecule has 0 N–H and O–H groups in total. The van der Waals surface area contributed by atoms with Gasteiger partial charge in [-0.05, 0) is 20.8 Å². The van der Waals surface area contributed by atoms with E-state index >= 15 is 0 Å². The Labute approximate surface area is 72.5 Å². The number of amides is 1. The first kappa shape index (κ1) is 8.85. The summed E-state index contributed by atoms with van der Waals surface area (Å²) >= 11 is 5.66. The van der Waals surface area contributed by atoms with E-state index in [1.807, 2.05) is 25.7 Å². The Morgan fingerprint density at radius 1 is 1.73 bits per heavy atom. The first-order valence-corrected chi connectivity index (χ1v) is 4.42. The predicted molar refractivity (Wildman–Crippen MR) is 45.7 cm³/mol. The van der Waals surface area contributed by atoms with E-state index in [4.69, 9.17) is 11.6 Å². The third-order valence-electron chi connectivity index (χ3n) is 2.21. The summed E-state index contributed by atoms with van der Waals surface area (Å²) < 4.78 is 0. The molecule has 1 amide bonds. The van der Waals surface area contributed by atoms with Crippen molar-refractivity contribution in [2.75, 3.05) is 12.4 Å². The number of nitrogens with zero attached hydrogens (tertiary/aromatic N) is 1. The second-order valence-corrected chi connectivity index (χ2v) is 3.99. The number of β-lactam (4-membered cyclic amide) rings is 1. The number of rotatable bonds is 2. The maximum absolute atomic E-state index is 11.4. The molecule has 11 heavy (non-hydrogen) atoms. The largest absolute Gasteiger partial charge is 0.339 e. The van der Waals surface area contributed by atoms with Crippen molar-refractivity contribution in [1.29, 1.82) is 0 Å². The molecule has 1 unspecified atom stereocenters. The fourth-order valence-corrected chi connectivity index (χ4v) is 1.49. The van der Waals surface area contributed by atoms with Crippen LogP contribution in [0.25, 0.3) is 0 Å². The summed E-state index contributed by atoms with van der Waals surface area (Å²) in [6.45, 7) is 6.77. The molecule has 1 aliphatic rings. The van der Waals surface area contributed by atoms with Crippen LogP contribution in [0, 0.1) is 5.41 Å². The van der Waals surface area contributed by atoms with E-state index in [0.717, 1.165) is 6.54 Å². The molecule has 3 heteroatoms. The molecule has 1 saturated heterocycles. The summed E-state index contributed by atoms with van der Waals surface area (Å²) in [6.07, 6.45) is 0. The molecule has 0 aliphatic carbocycles. The number of likely N-dealkylation sites (tertiary alicyclic amines) is 1. The number of carbonyl (C=O) groups is 1. The van der Waals surface area contributed by atoms with Crippen LogP contribution in [0.2, 0.25) is 0 Å². The molecule has 0 radical (unpaired) electrons. The molecule has 0 spiro atoms. The lowest BCUT2D eigenvalue weighted by atomic mass is 9.82. The van der Waals surface area contributed by atoms with Crippen molar-refractivity contribution in [3.05, 3.63) is 0 Å². The van der Waals surface area contributed by atoms with E-state index in [0.29, 0.717) is 11.9 Å². The molecule has 0 aromatic heterocycles. The van der Waals surface area contributed by atoms with Crippen LogP contribution in [0.4, 0.5) is 0 Å².